The Labute approximate surface area is 85.0 Å². The summed E-state index contributed by atoms with van der Waals surface area (Å²) in [6, 6.07) is 0. The molecule has 1 aromatic rings. The Balaban J connectivity index is 2.59. The van der Waals surface area contributed by atoms with Gasteiger partial charge in [0.1, 0.15) is 12.2 Å². The largest absolute Gasteiger partial charge is 0.392 e. The SMILES string of the molecule is CCC(C)C(O)Cc1ncnn1CC. The van der Waals surface area contributed by atoms with Crippen LogP contribution in [0.25, 0.3) is 0 Å². The summed E-state index contributed by atoms with van der Waals surface area (Å²) in [6.45, 7) is 6.96. The lowest BCUT2D eigenvalue weighted by atomic mass is 9.99. The summed E-state index contributed by atoms with van der Waals surface area (Å²) in [5, 5.41) is 13.9. The molecule has 0 amide bonds. The maximum Gasteiger partial charge on any atom is 0.138 e. The van der Waals surface area contributed by atoms with Crippen LogP contribution < -0.4 is 0 Å². The monoisotopic (exact) mass is 197 g/mol. The first-order chi connectivity index (χ1) is 6.69. The standard InChI is InChI=1S/C10H19N3O/c1-4-8(3)9(14)6-10-11-7-12-13(10)5-2/h7-9,14H,4-6H2,1-3H3. The summed E-state index contributed by atoms with van der Waals surface area (Å²) in [7, 11) is 0. The zero-order chi connectivity index (χ0) is 10.6. The fourth-order valence-corrected chi connectivity index (χ4v) is 1.37. The van der Waals surface area contributed by atoms with Crippen LogP contribution in [0.3, 0.4) is 0 Å². The maximum atomic E-state index is 9.83. The molecule has 0 aromatic carbocycles. The predicted octanol–water partition coefficient (Wildman–Crippen LogP) is 1.25. The van der Waals surface area contributed by atoms with Crippen LogP contribution in [0, 0.1) is 5.92 Å². The van der Waals surface area contributed by atoms with Gasteiger partial charge in [0.05, 0.1) is 6.10 Å². The number of aryl methyl sites for hydroxylation is 1. The molecule has 1 rings (SSSR count). The highest BCUT2D eigenvalue weighted by molar-refractivity contribution is 4.88. The third kappa shape index (κ3) is 2.54. The molecular weight excluding hydrogens is 178 g/mol. The van der Waals surface area contributed by atoms with Crippen LogP contribution in [-0.4, -0.2) is 26.0 Å². The van der Waals surface area contributed by atoms with Gasteiger partial charge >= 0.3 is 0 Å². The smallest absolute Gasteiger partial charge is 0.138 e. The zero-order valence-corrected chi connectivity index (χ0v) is 9.14. The molecule has 0 aliphatic carbocycles. The molecule has 0 aliphatic rings. The maximum absolute atomic E-state index is 9.83. The van der Waals surface area contributed by atoms with E-state index in [9.17, 15) is 5.11 Å². The lowest BCUT2D eigenvalue weighted by Gasteiger charge is -2.16. The number of nitrogens with zero attached hydrogens (tertiary/aromatic N) is 3. The lowest BCUT2D eigenvalue weighted by molar-refractivity contribution is 0.111. The van der Waals surface area contributed by atoms with E-state index in [2.05, 4.69) is 23.9 Å². The van der Waals surface area contributed by atoms with Crippen LogP contribution in [0.2, 0.25) is 0 Å². The van der Waals surface area contributed by atoms with Crippen molar-refractivity contribution >= 4 is 0 Å². The number of rotatable bonds is 5. The lowest BCUT2D eigenvalue weighted by Crippen LogP contribution is -2.22. The van der Waals surface area contributed by atoms with Crippen molar-refractivity contribution in [3.8, 4) is 0 Å². The molecule has 1 N–H and O–H groups in total. The molecule has 2 unspecified atom stereocenters. The molecule has 1 aromatic heterocycles. The minimum absolute atomic E-state index is 0.311. The van der Waals surface area contributed by atoms with Crippen LogP contribution in [-0.2, 0) is 13.0 Å². The molecule has 0 saturated carbocycles. The normalized spacial score (nSPS) is 15.4. The highest BCUT2D eigenvalue weighted by atomic mass is 16.3. The van der Waals surface area contributed by atoms with Crippen molar-refractivity contribution in [2.75, 3.05) is 0 Å². The van der Waals surface area contributed by atoms with Crippen LogP contribution in [0.15, 0.2) is 6.33 Å². The third-order valence-corrected chi connectivity index (χ3v) is 2.69. The highest BCUT2D eigenvalue weighted by Crippen LogP contribution is 2.11. The van der Waals surface area contributed by atoms with Gasteiger partial charge in [-0.2, -0.15) is 5.10 Å². The summed E-state index contributed by atoms with van der Waals surface area (Å²) >= 11 is 0. The van der Waals surface area contributed by atoms with Gasteiger partial charge in [0.15, 0.2) is 0 Å². The van der Waals surface area contributed by atoms with Gasteiger partial charge in [0.2, 0.25) is 0 Å². The minimum Gasteiger partial charge on any atom is -0.392 e. The summed E-state index contributed by atoms with van der Waals surface area (Å²) in [5.74, 6) is 1.19. The molecule has 14 heavy (non-hydrogen) atoms. The first-order valence-electron chi connectivity index (χ1n) is 5.23. The van der Waals surface area contributed by atoms with Gasteiger partial charge in [-0.3, -0.25) is 4.68 Å². The van der Waals surface area contributed by atoms with Crippen LogP contribution >= 0.6 is 0 Å². The molecule has 0 radical (unpaired) electrons. The third-order valence-electron chi connectivity index (χ3n) is 2.69. The molecule has 0 aliphatic heterocycles. The van der Waals surface area contributed by atoms with E-state index in [4.69, 9.17) is 0 Å². The van der Waals surface area contributed by atoms with E-state index >= 15 is 0 Å². The Morgan fingerprint density at radius 2 is 2.21 bits per heavy atom. The van der Waals surface area contributed by atoms with Crippen molar-refractivity contribution in [1.29, 1.82) is 0 Å². The average molecular weight is 197 g/mol. The molecule has 0 fully saturated rings. The molecule has 80 valence electrons. The van der Waals surface area contributed by atoms with Gasteiger partial charge in [-0.1, -0.05) is 20.3 Å². The second kappa shape index (κ2) is 5.10. The van der Waals surface area contributed by atoms with Crippen molar-refractivity contribution in [1.82, 2.24) is 14.8 Å². The fourth-order valence-electron chi connectivity index (χ4n) is 1.37. The van der Waals surface area contributed by atoms with E-state index in [1.807, 2.05) is 11.6 Å². The Kier molecular flexibility index (Phi) is 4.07. The van der Waals surface area contributed by atoms with Crippen LogP contribution in [0.1, 0.15) is 33.0 Å². The Hall–Kier alpha value is -0.900. The molecular formula is C10H19N3O. The van der Waals surface area contributed by atoms with Crippen LogP contribution in [0.5, 0.6) is 0 Å². The number of aliphatic hydroxyl groups is 1. The zero-order valence-electron chi connectivity index (χ0n) is 9.14. The fraction of sp³-hybridized carbons (Fsp3) is 0.800. The second-order valence-electron chi connectivity index (χ2n) is 3.65. The summed E-state index contributed by atoms with van der Waals surface area (Å²) in [6.07, 6.45) is 2.82. The molecule has 0 bridgehead atoms. The molecule has 4 heteroatoms. The van der Waals surface area contributed by atoms with Crippen LogP contribution in [0.4, 0.5) is 0 Å². The van der Waals surface area contributed by atoms with Gasteiger partial charge in [-0.25, -0.2) is 4.98 Å². The van der Waals surface area contributed by atoms with E-state index in [1.165, 1.54) is 0 Å². The van der Waals surface area contributed by atoms with E-state index < -0.39 is 0 Å². The first-order valence-corrected chi connectivity index (χ1v) is 5.23. The van der Waals surface area contributed by atoms with E-state index in [0.29, 0.717) is 12.3 Å². The quantitative estimate of drug-likeness (QED) is 0.772. The summed E-state index contributed by atoms with van der Waals surface area (Å²) in [4.78, 5) is 4.14. The summed E-state index contributed by atoms with van der Waals surface area (Å²) < 4.78 is 1.82. The van der Waals surface area contributed by atoms with E-state index in [-0.39, 0.29) is 6.10 Å². The molecule has 2 atom stereocenters. The number of hydrogen-bond donors (Lipinski definition) is 1. The van der Waals surface area contributed by atoms with Crippen molar-refractivity contribution in [3.63, 3.8) is 0 Å². The van der Waals surface area contributed by atoms with E-state index in [1.54, 1.807) is 6.33 Å². The molecule has 0 saturated heterocycles. The minimum atomic E-state index is -0.311. The van der Waals surface area contributed by atoms with Crippen molar-refractivity contribution < 1.29 is 5.11 Å². The van der Waals surface area contributed by atoms with Gasteiger partial charge in [-0.15, -0.1) is 0 Å². The number of hydrogen-bond acceptors (Lipinski definition) is 3. The average Bonchev–Trinajstić information content (AvgIpc) is 2.63. The predicted molar refractivity (Wildman–Crippen MR) is 54.9 cm³/mol. The van der Waals surface area contributed by atoms with Crippen molar-refractivity contribution in [2.45, 2.75) is 46.3 Å². The molecule has 1 heterocycles. The first kappa shape index (κ1) is 11.2. The Bertz CT molecular complexity index is 272. The van der Waals surface area contributed by atoms with Gasteiger partial charge in [-0.05, 0) is 12.8 Å². The second-order valence-corrected chi connectivity index (χ2v) is 3.65. The Morgan fingerprint density at radius 3 is 2.79 bits per heavy atom. The van der Waals surface area contributed by atoms with Gasteiger partial charge in [0, 0.05) is 13.0 Å². The van der Waals surface area contributed by atoms with Crippen molar-refractivity contribution in [2.24, 2.45) is 5.92 Å². The Morgan fingerprint density at radius 1 is 1.50 bits per heavy atom. The number of aliphatic hydroxyl groups excluding tert-OH is 1. The topological polar surface area (TPSA) is 50.9 Å². The molecule has 0 spiro atoms. The van der Waals surface area contributed by atoms with Gasteiger partial charge in [0.25, 0.3) is 0 Å². The molecule has 4 nitrogen and oxygen atoms in total. The summed E-state index contributed by atoms with van der Waals surface area (Å²) in [5.41, 5.74) is 0. The number of aromatic nitrogens is 3. The van der Waals surface area contributed by atoms with Crippen molar-refractivity contribution in [3.05, 3.63) is 12.2 Å². The van der Waals surface area contributed by atoms with Gasteiger partial charge < -0.3 is 5.11 Å². The van der Waals surface area contributed by atoms with E-state index in [0.717, 1.165) is 18.8 Å². The highest BCUT2D eigenvalue weighted by Gasteiger charge is 2.15.